The number of ketones is 1. The number of rotatable bonds is 7. The van der Waals surface area contributed by atoms with Crippen LogP contribution in [0.4, 0.5) is 0 Å². The monoisotopic (exact) mass is 405 g/mol. The lowest BCUT2D eigenvalue weighted by Crippen LogP contribution is -2.31. The summed E-state index contributed by atoms with van der Waals surface area (Å²) < 4.78 is 11.7. The molecule has 1 N–H and O–H groups in total. The first kappa shape index (κ1) is 19.0. The summed E-state index contributed by atoms with van der Waals surface area (Å²) in [7, 11) is 1.49. The molecule has 0 radical (unpaired) electrons. The predicted octanol–water partition coefficient (Wildman–Crippen LogP) is 3.92. The van der Waals surface area contributed by atoms with Crippen LogP contribution in [-0.4, -0.2) is 25.4 Å². The van der Waals surface area contributed by atoms with Gasteiger partial charge in [0.2, 0.25) is 0 Å². The van der Waals surface area contributed by atoms with Gasteiger partial charge >= 0.3 is 0 Å². The second kappa shape index (κ2) is 8.67. The molecule has 0 aromatic heterocycles. The summed E-state index contributed by atoms with van der Waals surface area (Å²) in [5.74, 6) is 0.515. The third-order valence-electron chi connectivity index (χ3n) is 3.68. The van der Waals surface area contributed by atoms with Gasteiger partial charge in [-0.2, -0.15) is 0 Å². The zero-order chi connectivity index (χ0) is 18.4. The average molecular weight is 406 g/mol. The maximum atomic E-state index is 12.1. The van der Waals surface area contributed by atoms with E-state index in [9.17, 15) is 9.59 Å². The first-order chi connectivity index (χ1) is 11.9. The topological polar surface area (TPSA) is 64.6 Å². The number of amides is 1. The molecule has 2 rings (SSSR count). The highest BCUT2D eigenvalue weighted by Gasteiger charge is 2.14. The zero-order valence-corrected chi connectivity index (χ0v) is 15.9. The lowest BCUT2D eigenvalue weighted by molar-refractivity contribution is -0.123. The number of benzene rings is 2. The van der Waals surface area contributed by atoms with Gasteiger partial charge in [0, 0.05) is 10.0 Å². The van der Waals surface area contributed by atoms with Crippen molar-refractivity contribution in [3.05, 3.63) is 58.1 Å². The van der Waals surface area contributed by atoms with Crippen LogP contribution >= 0.6 is 15.9 Å². The molecule has 5 nitrogen and oxygen atoms in total. The van der Waals surface area contributed by atoms with Gasteiger partial charge in [0.05, 0.1) is 13.2 Å². The van der Waals surface area contributed by atoms with E-state index >= 15 is 0 Å². The fourth-order valence-electron chi connectivity index (χ4n) is 2.34. The van der Waals surface area contributed by atoms with Crippen molar-refractivity contribution >= 4 is 27.6 Å². The van der Waals surface area contributed by atoms with Crippen LogP contribution in [0.5, 0.6) is 11.5 Å². The largest absolute Gasteiger partial charge is 0.493 e. The Morgan fingerprint density at radius 2 is 1.88 bits per heavy atom. The molecule has 2 aromatic rings. The number of carbonyl (C=O) groups excluding carboxylic acids is 2. The fourth-order valence-corrected chi connectivity index (χ4v) is 2.96. The molecular formula is C19H20BrNO4. The minimum atomic E-state index is -0.249. The molecule has 1 amide bonds. The quantitative estimate of drug-likeness (QED) is 0.708. The molecule has 132 valence electrons. The number of carbonyl (C=O) groups is 2. The summed E-state index contributed by atoms with van der Waals surface area (Å²) >= 11 is 3.47. The Kier molecular flexibility index (Phi) is 6.58. The molecule has 0 bridgehead atoms. The Morgan fingerprint density at radius 1 is 1.16 bits per heavy atom. The third-order valence-corrected chi connectivity index (χ3v) is 4.40. The van der Waals surface area contributed by atoms with E-state index in [1.807, 2.05) is 31.2 Å². The van der Waals surface area contributed by atoms with Gasteiger partial charge in [0.1, 0.15) is 0 Å². The van der Waals surface area contributed by atoms with Crippen molar-refractivity contribution in [3.63, 3.8) is 0 Å². The lowest BCUT2D eigenvalue weighted by Gasteiger charge is -2.16. The average Bonchev–Trinajstić information content (AvgIpc) is 2.59. The second-order valence-electron chi connectivity index (χ2n) is 5.52. The van der Waals surface area contributed by atoms with Crippen molar-refractivity contribution < 1.29 is 19.1 Å². The highest BCUT2D eigenvalue weighted by Crippen LogP contribution is 2.28. The number of ether oxygens (including phenoxy) is 2. The van der Waals surface area contributed by atoms with Crippen LogP contribution in [0, 0.1) is 0 Å². The van der Waals surface area contributed by atoms with Crippen molar-refractivity contribution in [1.29, 1.82) is 0 Å². The number of hydrogen-bond acceptors (Lipinski definition) is 4. The van der Waals surface area contributed by atoms with E-state index in [1.54, 1.807) is 18.2 Å². The Labute approximate surface area is 155 Å². The SMILES string of the molecule is COc1cc(C(C)=O)ccc1OCC(=O)NC(C)c1ccccc1Br. The molecule has 25 heavy (non-hydrogen) atoms. The second-order valence-corrected chi connectivity index (χ2v) is 6.38. The summed E-state index contributed by atoms with van der Waals surface area (Å²) in [6, 6.07) is 12.4. The van der Waals surface area contributed by atoms with Crippen molar-refractivity contribution in [1.82, 2.24) is 5.32 Å². The molecule has 0 heterocycles. The molecule has 6 heteroatoms. The molecule has 0 saturated carbocycles. The fraction of sp³-hybridized carbons (Fsp3) is 0.263. The van der Waals surface area contributed by atoms with E-state index in [0.717, 1.165) is 10.0 Å². The molecular weight excluding hydrogens is 386 g/mol. The van der Waals surface area contributed by atoms with Crippen LogP contribution < -0.4 is 14.8 Å². The predicted molar refractivity (Wildman–Crippen MR) is 99.2 cm³/mol. The van der Waals surface area contributed by atoms with Gasteiger partial charge in [-0.05, 0) is 43.7 Å². The number of nitrogens with one attached hydrogen (secondary N) is 1. The van der Waals surface area contributed by atoms with Crippen LogP contribution in [-0.2, 0) is 4.79 Å². The highest BCUT2D eigenvalue weighted by atomic mass is 79.9. The van der Waals surface area contributed by atoms with Crippen LogP contribution in [0.3, 0.4) is 0 Å². The minimum absolute atomic E-state index is 0.0649. The molecule has 1 unspecified atom stereocenters. The Morgan fingerprint density at radius 3 is 2.52 bits per heavy atom. The molecule has 1 atom stereocenters. The summed E-state index contributed by atoms with van der Waals surface area (Å²) in [5, 5.41) is 2.89. The van der Waals surface area contributed by atoms with Gasteiger partial charge in [-0.15, -0.1) is 0 Å². The molecule has 0 aliphatic rings. The smallest absolute Gasteiger partial charge is 0.258 e. The Bertz CT molecular complexity index is 776. The van der Waals surface area contributed by atoms with Gasteiger partial charge in [0.25, 0.3) is 5.91 Å². The van der Waals surface area contributed by atoms with Crippen LogP contribution in [0.15, 0.2) is 46.9 Å². The maximum Gasteiger partial charge on any atom is 0.258 e. The van der Waals surface area contributed by atoms with Crippen molar-refractivity contribution in [2.75, 3.05) is 13.7 Å². The van der Waals surface area contributed by atoms with E-state index in [2.05, 4.69) is 21.2 Å². The summed E-state index contributed by atoms with van der Waals surface area (Å²) in [6.07, 6.45) is 0. The van der Waals surface area contributed by atoms with Gasteiger partial charge in [0.15, 0.2) is 23.9 Å². The number of Topliss-reactive ketones (excluding diaryl/α,β-unsaturated/α-hetero) is 1. The zero-order valence-electron chi connectivity index (χ0n) is 14.3. The highest BCUT2D eigenvalue weighted by molar-refractivity contribution is 9.10. The Hall–Kier alpha value is -2.34. The molecule has 0 fully saturated rings. The van der Waals surface area contributed by atoms with Crippen LogP contribution in [0.25, 0.3) is 0 Å². The van der Waals surface area contributed by atoms with E-state index in [1.165, 1.54) is 14.0 Å². The molecule has 0 spiro atoms. The van der Waals surface area contributed by atoms with E-state index in [0.29, 0.717) is 17.1 Å². The minimum Gasteiger partial charge on any atom is -0.493 e. The summed E-state index contributed by atoms with van der Waals surface area (Å²) in [5.41, 5.74) is 1.51. The van der Waals surface area contributed by atoms with Crippen LogP contribution in [0.2, 0.25) is 0 Å². The number of methoxy groups -OCH3 is 1. The van der Waals surface area contributed by atoms with Crippen molar-refractivity contribution in [3.8, 4) is 11.5 Å². The Balaban J connectivity index is 1.98. The van der Waals surface area contributed by atoms with E-state index < -0.39 is 0 Å². The van der Waals surface area contributed by atoms with Gasteiger partial charge in [-0.1, -0.05) is 34.1 Å². The van der Waals surface area contributed by atoms with Gasteiger partial charge < -0.3 is 14.8 Å². The molecule has 0 saturated heterocycles. The standard InChI is InChI=1S/C19H20BrNO4/c1-12(15-6-4-5-7-16(15)20)21-19(23)11-25-17-9-8-14(13(2)22)10-18(17)24-3/h4-10,12H,11H2,1-3H3,(H,21,23). The van der Waals surface area contributed by atoms with E-state index in [4.69, 9.17) is 9.47 Å². The molecule has 0 aliphatic heterocycles. The first-order valence-corrected chi connectivity index (χ1v) is 8.57. The van der Waals surface area contributed by atoms with E-state index in [-0.39, 0.29) is 24.3 Å². The van der Waals surface area contributed by atoms with Gasteiger partial charge in [-0.25, -0.2) is 0 Å². The lowest BCUT2D eigenvalue weighted by atomic mass is 10.1. The normalized spacial score (nSPS) is 11.5. The van der Waals surface area contributed by atoms with Crippen molar-refractivity contribution in [2.45, 2.75) is 19.9 Å². The number of halogens is 1. The van der Waals surface area contributed by atoms with Gasteiger partial charge in [-0.3, -0.25) is 9.59 Å². The van der Waals surface area contributed by atoms with Crippen LogP contribution in [0.1, 0.15) is 35.8 Å². The summed E-state index contributed by atoms with van der Waals surface area (Å²) in [6.45, 7) is 3.23. The molecule has 2 aromatic carbocycles. The van der Waals surface area contributed by atoms with Crippen molar-refractivity contribution in [2.24, 2.45) is 0 Å². The summed E-state index contributed by atoms with van der Waals surface area (Å²) in [4.78, 5) is 23.5. The maximum absolute atomic E-state index is 12.1. The third kappa shape index (κ3) is 5.06. The number of hydrogen-bond donors (Lipinski definition) is 1. The molecule has 0 aliphatic carbocycles. The first-order valence-electron chi connectivity index (χ1n) is 7.78.